The highest BCUT2D eigenvalue weighted by Crippen LogP contribution is 2.03. The largest absolute Gasteiger partial charge is 0.393 e. The summed E-state index contributed by atoms with van der Waals surface area (Å²) in [6.07, 6.45) is 1.42. The lowest BCUT2D eigenvalue weighted by Crippen LogP contribution is -2.02. The number of hydrogen-bond acceptors (Lipinski definition) is 2. The van der Waals surface area contributed by atoms with Crippen molar-refractivity contribution >= 4 is 0 Å². The van der Waals surface area contributed by atoms with Crippen LogP contribution in [0, 0.1) is 6.92 Å². The van der Waals surface area contributed by atoms with Crippen molar-refractivity contribution in [3.05, 3.63) is 29.6 Å². The fourth-order valence-electron chi connectivity index (χ4n) is 1.10. The maximum atomic E-state index is 9.06. The molecule has 1 atom stereocenters. The Morgan fingerprint density at radius 2 is 2.25 bits per heavy atom. The lowest BCUT2D eigenvalue weighted by molar-refractivity contribution is 0.184. The minimum atomic E-state index is -0.229. The number of hydrogen-bond donors (Lipinski definition) is 1. The Hall–Kier alpha value is -0.890. The van der Waals surface area contributed by atoms with Crippen LogP contribution in [0.15, 0.2) is 18.2 Å². The zero-order chi connectivity index (χ0) is 8.97. The van der Waals surface area contributed by atoms with Crippen LogP contribution in [0.3, 0.4) is 0 Å². The van der Waals surface area contributed by atoms with Gasteiger partial charge in [-0.15, -0.1) is 0 Å². The van der Waals surface area contributed by atoms with Crippen LogP contribution in [-0.4, -0.2) is 16.2 Å². The third kappa shape index (κ3) is 3.01. The van der Waals surface area contributed by atoms with Crippen molar-refractivity contribution in [2.24, 2.45) is 0 Å². The molecule has 1 aromatic rings. The molecule has 0 amide bonds. The van der Waals surface area contributed by atoms with Crippen LogP contribution in [0.1, 0.15) is 24.7 Å². The number of aryl methyl sites for hydroxylation is 2. The third-order valence-corrected chi connectivity index (χ3v) is 1.76. The maximum Gasteiger partial charge on any atom is 0.0515 e. The Morgan fingerprint density at radius 3 is 2.83 bits per heavy atom. The monoisotopic (exact) mass is 165 g/mol. The molecule has 0 fully saturated rings. The quantitative estimate of drug-likeness (QED) is 0.739. The SMILES string of the molecule is Cc1cccc(CC[C@H](C)O)n1. The molecule has 66 valence electrons. The molecule has 0 bridgehead atoms. The van der Waals surface area contributed by atoms with Crippen LogP contribution in [0.4, 0.5) is 0 Å². The van der Waals surface area contributed by atoms with Gasteiger partial charge in [-0.25, -0.2) is 0 Å². The van der Waals surface area contributed by atoms with Gasteiger partial charge in [0.25, 0.3) is 0 Å². The second-order valence-corrected chi connectivity index (χ2v) is 3.16. The molecule has 12 heavy (non-hydrogen) atoms. The first-order valence-electron chi connectivity index (χ1n) is 4.29. The number of aliphatic hydroxyl groups is 1. The molecule has 0 saturated carbocycles. The molecule has 2 nitrogen and oxygen atoms in total. The lowest BCUT2D eigenvalue weighted by atomic mass is 10.1. The first kappa shape index (κ1) is 9.20. The summed E-state index contributed by atoms with van der Waals surface area (Å²) in [6, 6.07) is 5.97. The summed E-state index contributed by atoms with van der Waals surface area (Å²) in [5, 5.41) is 9.06. The van der Waals surface area contributed by atoms with Crippen molar-refractivity contribution in [2.45, 2.75) is 32.8 Å². The predicted octanol–water partition coefficient (Wildman–Crippen LogP) is 1.70. The van der Waals surface area contributed by atoms with Gasteiger partial charge >= 0.3 is 0 Å². The smallest absolute Gasteiger partial charge is 0.0515 e. The summed E-state index contributed by atoms with van der Waals surface area (Å²) in [4.78, 5) is 4.33. The van der Waals surface area contributed by atoms with E-state index in [1.807, 2.05) is 25.1 Å². The minimum absolute atomic E-state index is 0.229. The topological polar surface area (TPSA) is 33.1 Å². The fourth-order valence-corrected chi connectivity index (χ4v) is 1.10. The number of pyridine rings is 1. The molecule has 1 N–H and O–H groups in total. The zero-order valence-corrected chi connectivity index (χ0v) is 7.62. The molecule has 1 aromatic heterocycles. The van der Waals surface area contributed by atoms with E-state index >= 15 is 0 Å². The van der Waals surface area contributed by atoms with Gasteiger partial charge in [0.15, 0.2) is 0 Å². The molecule has 0 spiro atoms. The Balaban J connectivity index is 2.52. The lowest BCUT2D eigenvalue weighted by Gasteiger charge is -2.03. The Kier molecular flexibility index (Phi) is 3.23. The van der Waals surface area contributed by atoms with Gasteiger partial charge in [0.2, 0.25) is 0 Å². The first-order valence-corrected chi connectivity index (χ1v) is 4.29. The van der Waals surface area contributed by atoms with Crippen molar-refractivity contribution in [1.82, 2.24) is 4.98 Å². The van der Waals surface area contributed by atoms with Crippen LogP contribution in [0.25, 0.3) is 0 Å². The summed E-state index contributed by atoms with van der Waals surface area (Å²) in [6.45, 7) is 3.78. The minimum Gasteiger partial charge on any atom is -0.393 e. The number of aliphatic hydroxyl groups excluding tert-OH is 1. The van der Waals surface area contributed by atoms with Gasteiger partial charge in [-0.3, -0.25) is 4.98 Å². The van der Waals surface area contributed by atoms with Crippen LogP contribution in [-0.2, 0) is 6.42 Å². The fraction of sp³-hybridized carbons (Fsp3) is 0.500. The molecule has 1 heterocycles. The highest BCUT2D eigenvalue weighted by atomic mass is 16.3. The highest BCUT2D eigenvalue weighted by molar-refractivity contribution is 5.09. The van der Waals surface area contributed by atoms with E-state index in [0.717, 1.165) is 24.2 Å². The van der Waals surface area contributed by atoms with Gasteiger partial charge in [-0.05, 0) is 38.8 Å². The molecule has 0 unspecified atom stereocenters. The van der Waals surface area contributed by atoms with Crippen molar-refractivity contribution in [3.63, 3.8) is 0 Å². The van der Waals surface area contributed by atoms with Crippen molar-refractivity contribution in [3.8, 4) is 0 Å². The van der Waals surface area contributed by atoms with Crippen molar-refractivity contribution in [2.75, 3.05) is 0 Å². The molecule has 2 heteroatoms. The second kappa shape index (κ2) is 4.21. The number of nitrogens with zero attached hydrogens (tertiary/aromatic N) is 1. The van der Waals surface area contributed by atoms with Crippen LogP contribution < -0.4 is 0 Å². The molecule has 0 radical (unpaired) electrons. The maximum absolute atomic E-state index is 9.06. The van der Waals surface area contributed by atoms with E-state index in [9.17, 15) is 0 Å². The molecule has 1 rings (SSSR count). The highest BCUT2D eigenvalue weighted by Gasteiger charge is 1.98. The first-order chi connectivity index (χ1) is 5.68. The Bertz CT molecular complexity index is 245. The summed E-state index contributed by atoms with van der Waals surface area (Å²) in [5.74, 6) is 0. The summed E-state index contributed by atoms with van der Waals surface area (Å²) in [5.41, 5.74) is 2.11. The molecular formula is C10H15NO. The van der Waals surface area contributed by atoms with Gasteiger partial charge in [0, 0.05) is 11.4 Å². The molecule has 0 aromatic carbocycles. The third-order valence-electron chi connectivity index (χ3n) is 1.76. The van der Waals surface area contributed by atoms with Crippen LogP contribution >= 0.6 is 0 Å². The van der Waals surface area contributed by atoms with Gasteiger partial charge < -0.3 is 5.11 Å². The van der Waals surface area contributed by atoms with E-state index in [-0.39, 0.29) is 6.10 Å². The van der Waals surface area contributed by atoms with E-state index in [1.54, 1.807) is 6.92 Å². The van der Waals surface area contributed by atoms with Crippen molar-refractivity contribution in [1.29, 1.82) is 0 Å². The summed E-state index contributed by atoms with van der Waals surface area (Å²) < 4.78 is 0. The van der Waals surface area contributed by atoms with E-state index in [1.165, 1.54) is 0 Å². The average molecular weight is 165 g/mol. The second-order valence-electron chi connectivity index (χ2n) is 3.16. The molecule has 0 aliphatic carbocycles. The van der Waals surface area contributed by atoms with Crippen LogP contribution in [0.5, 0.6) is 0 Å². The summed E-state index contributed by atoms with van der Waals surface area (Å²) >= 11 is 0. The zero-order valence-electron chi connectivity index (χ0n) is 7.62. The molecule has 0 aliphatic rings. The average Bonchev–Trinajstić information content (AvgIpc) is 2.01. The molecule has 0 saturated heterocycles. The number of rotatable bonds is 3. The standard InChI is InChI=1S/C10H15NO/c1-8-4-3-5-10(11-8)7-6-9(2)12/h3-5,9,12H,6-7H2,1-2H3/t9-/m0/s1. The van der Waals surface area contributed by atoms with E-state index < -0.39 is 0 Å². The van der Waals surface area contributed by atoms with Gasteiger partial charge in [0.05, 0.1) is 6.10 Å². The van der Waals surface area contributed by atoms with E-state index in [4.69, 9.17) is 5.11 Å². The van der Waals surface area contributed by atoms with E-state index in [2.05, 4.69) is 4.98 Å². The normalized spacial score (nSPS) is 12.9. The van der Waals surface area contributed by atoms with Gasteiger partial charge in [0.1, 0.15) is 0 Å². The Morgan fingerprint density at radius 1 is 1.50 bits per heavy atom. The molecule has 0 aliphatic heterocycles. The van der Waals surface area contributed by atoms with Gasteiger partial charge in [-0.2, -0.15) is 0 Å². The van der Waals surface area contributed by atoms with Crippen LogP contribution in [0.2, 0.25) is 0 Å². The van der Waals surface area contributed by atoms with Crippen molar-refractivity contribution < 1.29 is 5.11 Å². The van der Waals surface area contributed by atoms with Gasteiger partial charge in [-0.1, -0.05) is 6.07 Å². The Labute approximate surface area is 73.3 Å². The number of aromatic nitrogens is 1. The summed E-state index contributed by atoms with van der Waals surface area (Å²) in [7, 11) is 0. The van der Waals surface area contributed by atoms with E-state index in [0.29, 0.717) is 0 Å². The predicted molar refractivity (Wildman–Crippen MR) is 49.0 cm³/mol. The molecular weight excluding hydrogens is 150 g/mol.